The van der Waals surface area contributed by atoms with E-state index < -0.39 is 0 Å². The molecule has 76 valence electrons. The van der Waals surface area contributed by atoms with Crippen LogP contribution in [0.1, 0.15) is 0 Å². The van der Waals surface area contributed by atoms with Gasteiger partial charge in [0.1, 0.15) is 5.82 Å². The summed E-state index contributed by atoms with van der Waals surface area (Å²) < 4.78 is 1.86. The Morgan fingerprint density at radius 2 is 2.07 bits per heavy atom. The summed E-state index contributed by atoms with van der Waals surface area (Å²) in [6.07, 6.45) is 1.86. The van der Waals surface area contributed by atoms with E-state index in [1.54, 1.807) is 0 Å². The molecule has 0 spiro atoms. The maximum atomic E-state index is 3.96. The fourth-order valence-electron chi connectivity index (χ4n) is 2.61. The van der Waals surface area contributed by atoms with Crippen molar-refractivity contribution in [1.82, 2.24) is 20.3 Å². The first kappa shape index (κ1) is 8.23. The number of aryl methyl sites for hydroxylation is 1. The molecule has 0 bridgehead atoms. The highest BCUT2D eigenvalue weighted by molar-refractivity contribution is 5.38. The van der Waals surface area contributed by atoms with Gasteiger partial charge in [0.25, 0.3) is 0 Å². The molecule has 2 fully saturated rings. The maximum Gasteiger partial charge on any atom is 0.147 e. The van der Waals surface area contributed by atoms with Crippen LogP contribution in [0, 0.1) is 11.8 Å². The van der Waals surface area contributed by atoms with Crippen LogP contribution in [-0.4, -0.2) is 41.2 Å². The van der Waals surface area contributed by atoms with Crippen LogP contribution in [0.2, 0.25) is 0 Å². The summed E-state index contributed by atoms with van der Waals surface area (Å²) in [5, 5.41) is 11.3. The Balaban J connectivity index is 1.80. The molecule has 14 heavy (non-hydrogen) atoms. The fourth-order valence-corrected chi connectivity index (χ4v) is 2.61. The number of hydrogen-bond donors (Lipinski definition) is 1. The van der Waals surface area contributed by atoms with Crippen molar-refractivity contribution < 1.29 is 0 Å². The Morgan fingerprint density at radius 1 is 1.36 bits per heavy atom. The van der Waals surface area contributed by atoms with E-state index in [0.717, 1.165) is 30.7 Å². The molecule has 2 saturated heterocycles. The van der Waals surface area contributed by atoms with E-state index in [-0.39, 0.29) is 0 Å². The first-order chi connectivity index (χ1) is 6.84. The number of rotatable bonds is 1. The highest BCUT2D eigenvalue weighted by Gasteiger charge is 2.36. The number of nitrogens with one attached hydrogen (secondary N) is 1. The zero-order chi connectivity index (χ0) is 9.54. The summed E-state index contributed by atoms with van der Waals surface area (Å²) >= 11 is 0. The minimum atomic E-state index is 0.824. The van der Waals surface area contributed by atoms with Gasteiger partial charge in [-0.25, -0.2) is 4.68 Å². The molecular formula is C9H15N5. The lowest BCUT2D eigenvalue weighted by Crippen LogP contribution is -2.27. The molecule has 5 nitrogen and oxygen atoms in total. The van der Waals surface area contributed by atoms with Crippen LogP contribution >= 0.6 is 0 Å². The summed E-state index contributed by atoms with van der Waals surface area (Å²) in [6, 6.07) is 0. The van der Waals surface area contributed by atoms with E-state index in [0.29, 0.717) is 0 Å². The van der Waals surface area contributed by atoms with Gasteiger partial charge in [-0.15, -0.1) is 5.10 Å². The van der Waals surface area contributed by atoms with Crippen molar-refractivity contribution in [3.8, 4) is 0 Å². The molecule has 1 aromatic heterocycles. The smallest absolute Gasteiger partial charge is 0.147 e. The highest BCUT2D eigenvalue weighted by Crippen LogP contribution is 2.29. The third-order valence-electron chi connectivity index (χ3n) is 3.40. The number of fused-ring (bicyclic) bond motifs is 1. The first-order valence-corrected chi connectivity index (χ1v) is 5.15. The second kappa shape index (κ2) is 2.95. The first-order valence-electron chi connectivity index (χ1n) is 5.15. The fraction of sp³-hybridized carbons (Fsp3) is 0.778. The van der Waals surface area contributed by atoms with Crippen molar-refractivity contribution in [2.75, 3.05) is 31.1 Å². The molecule has 2 atom stereocenters. The minimum Gasteiger partial charge on any atom is -0.355 e. The topological polar surface area (TPSA) is 46.0 Å². The second-order valence-corrected chi connectivity index (χ2v) is 4.30. The van der Waals surface area contributed by atoms with Crippen molar-refractivity contribution in [1.29, 1.82) is 0 Å². The maximum absolute atomic E-state index is 3.96. The van der Waals surface area contributed by atoms with Gasteiger partial charge >= 0.3 is 0 Å². The SMILES string of the molecule is Cn1nncc1N1C[C@H]2CNC[C@H]2C1. The Bertz CT molecular complexity index is 322. The van der Waals surface area contributed by atoms with Crippen molar-refractivity contribution in [3.63, 3.8) is 0 Å². The average molecular weight is 193 g/mol. The molecule has 1 aromatic rings. The average Bonchev–Trinajstić information content (AvgIpc) is 2.75. The number of aromatic nitrogens is 3. The van der Waals surface area contributed by atoms with Gasteiger partial charge in [-0.2, -0.15) is 0 Å². The lowest BCUT2D eigenvalue weighted by Gasteiger charge is -2.18. The van der Waals surface area contributed by atoms with Gasteiger partial charge in [0.05, 0.1) is 6.20 Å². The van der Waals surface area contributed by atoms with Crippen molar-refractivity contribution in [3.05, 3.63) is 6.20 Å². The largest absolute Gasteiger partial charge is 0.355 e. The Labute approximate surface area is 83.1 Å². The van der Waals surface area contributed by atoms with Crippen LogP contribution in [0.4, 0.5) is 5.82 Å². The van der Waals surface area contributed by atoms with E-state index in [4.69, 9.17) is 0 Å². The number of anilines is 1. The van der Waals surface area contributed by atoms with Gasteiger partial charge < -0.3 is 10.2 Å². The zero-order valence-electron chi connectivity index (χ0n) is 8.35. The molecular weight excluding hydrogens is 178 g/mol. The predicted octanol–water partition coefficient (Wildman–Crippen LogP) is -0.529. The van der Waals surface area contributed by atoms with Gasteiger partial charge in [-0.05, 0) is 11.8 Å². The Kier molecular flexibility index (Phi) is 1.73. The van der Waals surface area contributed by atoms with Crippen LogP contribution in [0.15, 0.2) is 6.20 Å². The van der Waals surface area contributed by atoms with E-state index >= 15 is 0 Å². The number of hydrogen-bond acceptors (Lipinski definition) is 4. The van der Waals surface area contributed by atoms with Crippen molar-refractivity contribution in [2.45, 2.75) is 0 Å². The van der Waals surface area contributed by atoms with Crippen LogP contribution < -0.4 is 10.2 Å². The predicted molar refractivity (Wildman–Crippen MR) is 53.1 cm³/mol. The van der Waals surface area contributed by atoms with Crippen LogP contribution in [0.3, 0.4) is 0 Å². The van der Waals surface area contributed by atoms with Gasteiger partial charge in [0.15, 0.2) is 0 Å². The zero-order valence-corrected chi connectivity index (χ0v) is 8.35. The van der Waals surface area contributed by atoms with Crippen molar-refractivity contribution in [2.24, 2.45) is 18.9 Å². The van der Waals surface area contributed by atoms with Gasteiger partial charge in [-0.1, -0.05) is 5.21 Å². The summed E-state index contributed by atoms with van der Waals surface area (Å²) in [4.78, 5) is 2.40. The summed E-state index contributed by atoms with van der Waals surface area (Å²) in [5.74, 6) is 2.80. The van der Waals surface area contributed by atoms with E-state index in [2.05, 4.69) is 20.5 Å². The molecule has 0 aromatic carbocycles. The quantitative estimate of drug-likeness (QED) is 0.651. The van der Waals surface area contributed by atoms with Crippen LogP contribution in [0.25, 0.3) is 0 Å². The van der Waals surface area contributed by atoms with Gasteiger partial charge in [-0.3, -0.25) is 0 Å². The molecule has 0 amide bonds. The van der Waals surface area contributed by atoms with Gasteiger partial charge in [0.2, 0.25) is 0 Å². The molecule has 1 N–H and O–H groups in total. The van der Waals surface area contributed by atoms with E-state index in [9.17, 15) is 0 Å². The Hall–Kier alpha value is -1.10. The summed E-state index contributed by atoms with van der Waals surface area (Å²) in [5.41, 5.74) is 0. The molecule has 0 radical (unpaired) electrons. The monoisotopic (exact) mass is 193 g/mol. The molecule has 3 rings (SSSR count). The molecule has 5 heteroatoms. The van der Waals surface area contributed by atoms with Crippen molar-refractivity contribution >= 4 is 5.82 Å². The molecule has 0 unspecified atom stereocenters. The second-order valence-electron chi connectivity index (χ2n) is 4.30. The van der Waals surface area contributed by atoms with E-state index in [1.165, 1.54) is 13.1 Å². The summed E-state index contributed by atoms with van der Waals surface area (Å²) in [7, 11) is 1.95. The molecule has 3 heterocycles. The molecule has 2 aliphatic heterocycles. The molecule has 0 saturated carbocycles. The standard InChI is InChI=1S/C9H15N5/c1-13-9(4-11-12-13)14-5-7-2-10-3-8(7)6-14/h4,7-8,10H,2-3,5-6H2,1H3/t7-,8+. The lowest BCUT2D eigenvalue weighted by molar-refractivity contribution is 0.533. The van der Waals surface area contributed by atoms with Crippen LogP contribution in [0.5, 0.6) is 0 Å². The minimum absolute atomic E-state index is 0.824. The van der Waals surface area contributed by atoms with Crippen LogP contribution in [-0.2, 0) is 7.05 Å². The third-order valence-corrected chi connectivity index (χ3v) is 3.40. The highest BCUT2D eigenvalue weighted by atomic mass is 15.5. The third kappa shape index (κ3) is 1.12. The molecule has 2 aliphatic rings. The summed E-state index contributed by atoms with van der Waals surface area (Å²) in [6.45, 7) is 4.65. The molecule has 0 aliphatic carbocycles. The normalized spacial score (nSPS) is 31.1. The van der Waals surface area contributed by atoms with Gasteiger partial charge in [0, 0.05) is 33.2 Å². The van der Waals surface area contributed by atoms with E-state index in [1.807, 2.05) is 17.9 Å². The Morgan fingerprint density at radius 3 is 2.64 bits per heavy atom. The lowest BCUT2D eigenvalue weighted by atomic mass is 10.0. The number of nitrogens with zero attached hydrogens (tertiary/aromatic N) is 4.